The normalized spacial score (nSPS) is 18.2. The number of carboxylic acid groups (broad SMARTS) is 1. The number of hydrogen-bond donors (Lipinski definition) is 3. The molecule has 1 aliphatic carbocycles. The molecule has 1 amide bonds. The first kappa shape index (κ1) is 17.7. The van der Waals surface area contributed by atoms with Crippen LogP contribution in [0.3, 0.4) is 0 Å². The lowest BCUT2D eigenvalue weighted by Gasteiger charge is -2.14. The molecule has 0 saturated heterocycles. The molecule has 1 aromatic heterocycles. The highest BCUT2D eigenvalue weighted by Crippen LogP contribution is 2.38. The van der Waals surface area contributed by atoms with E-state index in [0.29, 0.717) is 40.9 Å². The summed E-state index contributed by atoms with van der Waals surface area (Å²) in [5, 5.41) is 12.4. The number of rotatable bonds is 3. The number of aromatic amines is 1. The summed E-state index contributed by atoms with van der Waals surface area (Å²) >= 11 is 3.41. The Morgan fingerprint density at radius 2 is 2.07 bits per heavy atom. The summed E-state index contributed by atoms with van der Waals surface area (Å²) in [5.41, 5.74) is 4.10. The number of H-pyrrole nitrogens is 1. The van der Waals surface area contributed by atoms with E-state index >= 15 is 0 Å². The molecule has 7 heteroatoms. The summed E-state index contributed by atoms with van der Waals surface area (Å²) in [4.78, 5) is 39.8. The first-order valence-electron chi connectivity index (χ1n) is 8.70. The second-order valence-electron chi connectivity index (χ2n) is 6.84. The Balaban J connectivity index is 1.92. The molecule has 27 heavy (non-hydrogen) atoms. The molecular weight excluding hydrogens is 412 g/mol. The third-order valence-electron chi connectivity index (χ3n) is 5.11. The van der Waals surface area contributed by atoms with Crippen LogP contribution in [0.4, 0.5) is 5.69 Å². The van der Waals surface area contributed by atoms with Crippen LogP contribution in [0.5, 0.6) is 0 Å². The quantitative estimate of drug-likeness (QED) is 0.643. The van der Waals surface area contributed by atoms with Crippen molar-refractivity contribution in [3.8, 4) is 0 Å². The van der Waals surface area contributed by atoms with Gasteiger partial charge in [-0.1, -0.05) is 15.9 Å². The Morgan fingerprint density at radius 1 is 1.30 bits per heavy atom. The predicted octanol–water partition coefficient (Wildman–Crippen LogP) is 3.98. The van der Waals surface area contributed by atoms with Crippen LogP contribution in [0.15, 0.2) is 22.7 Å². The first-order valence-corrected chi connectivity index (χ1v) is 9.50. The number of aromatic nitrogens is 1. The van der Waals surface area contributed by atoms with Gasteiger partial charge in [-0.25, -0.2) is 0 Å². The first-order chi connectivity index (χ1) is 12.9. The summed E-state index contributed by atoms with van der Waals surface area (Å²) in [6.07, 6.45) is 3.50. The number of fused-ring (bicyclic) bond motifs is 2. The number of carboxylic acids is 1. The van der Waals surface area contributed by atoms with E-state index in [1.165, 1.54) is 0 Å². The molecule has 1 aliphatic heterocycles. The highest BCUT2D eigenvalue weighted by Gasteiger charge is 2.32. The molecule has 6 nitrogen and oxygen atoms in total. The van der Waals surface area contributed by atoms with Gasteiger partial charge in [-0.05, 0) is 44.0 Å². The molecule has 1 atom stereocenters. The zero-order chi connectivity index (χ0) is 19.3. The monoisotopic (exact) mass is 428 g/mol. The maximum Gasteiger partial charge on any atom is 0.310 e. The van der Waals surface area contributed by atoms with Crippen molar-refractivity contribution < 1.29 is 19.5 Å². The average Bonchev–Trinajstić information content (AvgIpc) is 3.13. The van der Waals surface area contributed by atoms with E-state index < -0.39 is 11.9 Å². The zero-order valence-corrected chi connectivity index (χ0v) is 16.1. The average molecular weight is 429 g/mol. The number of aryl methyl sites for hydroxylation is 1. The summed E-state index contributed by atoms with van der Waals surface area (Å²) in [7, 11) is 0. The predicted molar refractivity (Wildman–Crippen MR) is 105 cm³/mol. The molecule has 2 aromatic rings. The number of anilines is 1. The summed E-state index contributed by atoms with van der Waals surface area (Å²) in [5.74, 6) is -2.16. The van der Waals surface area contributed by atoms with E-state index in [1.54, 1.807) is 13.0 Å². The van der Waals surface area contributed by atoms with Crippen molar-refractivity contribution in [1.82, 2.24) is 4.98 Å². The Bertz CT molecular complexity index is 1030. The van der Waals surface area contributed by atoms with Crippen molar-refractivity contribution in [2.45, 2.75) is 32.1 Å². The van der Waals surface area contributed by atoms with Gasteiger partial charge in [-0.3, -0.25) is 14.4 Å². The van der Waals surface area contributed by atoms with Crippen LogP contribution in [0.2, 0.25) is 0 Å². The minimum absolute atomic E-state index is 0.0423. The van der Waals surface area contributed by atoms with E-state index in [4.69, 9.17) is 0 Å². The highest BCUT2D eigenvalue weighted by atomic mass is 79.9. The smallest absolute Gasteiger partial charge is 0.310 e. The molecule has 0 spiro atoms. The van der Waals surface area contributed by atoms with Crippen molar-refractivity contribution in [3.63, 3.8) is 0 Å². The topological polar surface area (TPSA) is 99.3 Å². The summed E-state index contributed by atoms with van der Waals surface area (Å²) in [6, 6.07) is 5.49. The van der Waals surface area contributed by atoms with Crippen LogP contribution in [0.25, 0.3) is 11.6 Å². The number of ketones is 1. The number of aliphatic carboxylic acids is 1. The second-order valence-corrected chi connectivity index (χ2v) is 7.76. The van der Waals surface area contributed by atoms with E-state index in [0.717, 1.165) is 22.2 Å². The van der Waals surface area contributed by atoms with Gasteiger partial charge in [0.05, 0.1) is 11.5 Å². The maximum atomic E-state index is 12.5. The molecule has 0 fully saturated rings. The fraction of sp³-hybridized carbons (Fsp3) is 0.250. The number of benzene rings is 1. The molecule has 1 unspecified atom stereocenters. The lowest BCUT2D eigenvalue weighted by Crippen LogP contribution is -2.15. The van der Waals surface area contributed by atoms with Gasteiger partial charge in [-0.2, -0.15) is 0 Å². The van der Waals surface area contributed by atoms with Gasteiger partial charge in [-0.15, -0.1) is 0 Å². The lowest BCUT2D eigenvalue weighted by atomic mass is 9.87. The van der Waals surface area contributed by atoms with Crippen molar-refractivity contribution >= 4 is 50.9 Å². The molecule has 2 heterocycles. The minimum atomic E-state index is -1.01. The number of nitrogens with one attached hydrogen (secondary N) is 2. The van der Waals surface area contributed by atoms with E-state index in [1.807, 2.05) is 18.2 Å². The molecular formula is C20H17BrN2O4. The van der Waals surface area contributed by atoms with E-state index in [9.17, 15) is 19.5 Å². The SMILES string of the molecule is CC(C(=O)O)c1c(/C=C2\C(=O)Nc3ccc(Br)cc32)[nH]c2c1C(=O)CCC2. The molecule has 2 aliphatic rings. The van der Waals surface area contributed by atoms with Gasteiger partial charge in [0.1, 0.15) is 0 Å². The third kappa shape index (κ3) is 2.92. The van der Waals surface area contributed by atoms with Gasteiger partial charge in [0, 0.05) is 44.7 Å². The second kappa shape index (κ2) is 6.49. The fourth-order valence-electron chi connectivity index (χ4n) is 3.78. The number of halogens is 1. The van der Waals surface area contributed by atoms with Gasteiger partial charge in [0.2, 0.25) is 0 Å². The summed E-state index contributed by atoms with van der Waals surface area (Å²) < 4.78 is 0.837. The van der Waals surface area contributed by atoms with Crippen molar-refractivity contribution in [3.05, 3.63) is 50.8 Å². The molecule has 3 N–H and O–H groups in total. The van der Waals surface area contributed by atoms with Gasteiger partial charge in [0.15, 0.2) is 5.78 Å². The molecule has 0 bridgehead atoms. The van der Waals surface area contributed by atoms with Crippen molar-refractivity contribution in [1.29, 1.82) is 0 Å². The Morgan fingerprint density at radius 3 is 2.81 bits per heavy atom. The minimum Gasteiger partial charge on any atom is -0.481 e. The largest absolute Gasteiger partial charge is 0.481 e. The van der Waals surface area contributed by atoms with Crippen LogP contribution < -0.4 is 5.32 Å². The van der Waals surface area contributed by atoms with Crippen LogP contribution >= 0.6 is 15.9 Å². The molecule has 138 valence electrons. The Kier molecular flexibility index (Phi) is 4.26. The van der Waals surface area contributed by atoms with Gasteiger partial charge >= 0.3 is 5.97 Å². The molecule has 1 aromatic carbocycles. The Labute approximate surface area is 163 Å². The van der Waals surface area contributed by atoms with Gasteiger partial charge < -0.3 is 15.4 Å². The summed E-state index contributed by atoms with van der Waals surface area (Å²) in [6.45, 7) is 1.56. The highest BCUT2D eigenvalue weighted by molar-refractivity contribution is 9.10. The molecule has 4 rings (SSSR count). The number of carbonyl (C=O) groups is 3. The number of Topliss-reactive ketones (excluding diaryl/α,β-unsaturated/α-hetero) is 1. The van der Waals surface area contributed by atoms with Gasteiger partial charge in [0.25, 0.3) is 5.91 Å². The van der Waals surface area contributed by atoms with E-state index in [-0.39, 0.29) is 11.7 Å². The number of amides is 1. The lowest BCUT2D eigenvalue weighted by molar-refractivity contribution is -0.138. The fourth-order valence-corrected chi connectivity index (χ4v) is 4.14. The third-order valence-corrected chi connectivity index (χ3v) is 5.61. The van der Waals surface area contributed by atoms with Crippen molar-refractivity contribution in [2.24, 2.45) is 0 Å². The van der Waals surface area contributed by atoms with Crippen LogP contribution in [-0.4, -0.2) is 27.8 Å². The van der Waals surface area contributed by atoms with E-state index in [2.05, 4.69) is 26.2 Å². The van der Waals surface area contributed by atoms with Crippen LogP contribution in [0, 0.1) is 0 Å². The van der Waals surface area contributed by atoms with Crippen LogP contribution in [0.1, 0.15) is 58.6 Å². The molecule has 0 radical (unpaired) electrons. The Hall–Kier alpha value is -2.67. The maximum absolute atomic E-state index is 12.5. The standard InChI is InChI=1S/C20H17BrN2O4/c1-9(20(26)27)17-15(22-14-3-2-4-16(24)18(14)17)8-12-11-7-10(21)5-6-13(11)23-19(12)25/h5-9,22H,2-4H2,1H3,(H,23,25)(H,26,27)/b12-8-. The number of hydrogen-bond acceptors (Lipinski definition) is 3. The molecule has 0 saturated carbocycles. The zero-order valence-electron chi connectivity index (χ0n) is 14.6. The van der Waals surface area contributed by atoms with Crippen LogP contribution in [-0.2, 0) is 16.0 Å². The number of carbonyl (C=O) groups excluding carboxylic acids is 2. The van der Waals surface area contributed by atoms with Crippen molar-refractivity contribution in [2.75, 3.05) is 5.32 Å².